The highest BCUT2D eigenvalue weighted by atomic mass is 19.4. The van der Waals surface area contributed by atoms with Gasteiger partial charge in [-0.2, -0.15) is 13.2 Å². The van der Waals surface area contributed by atoms with Crippen LogP contribution in [-0.4, -0.2) is 35.2 Å². The third-order valence-corrected chi connectivity index (χ3v) is 5.50. The number of aromatic nitrogens is 1. The van der Waals surface area contributed by atoms with Gasteiger partial charge in [0.2, 0.25) is 0 Å². The number of amides is 1. The Kier molecular flexibility index (Phi) is 5.48. The number of hydrogen-bond donors (Lipinski definition) is 3. The zero-order valence-electron chi connectivity index (χ0n) is 16.3. The van der Waals surface area contributed by atoms with Crippen LogP contribution in [0.3, 0.4) is 0 Å². The maximum absolute atomic E-state index is 12.7. The number of fused-ring (bicyclic) bond motifs is 1. The number of anilines is 2. The first-order valence-electron chi connectivity index (χ1n) is 9.75. The third-order valence-electron chi connectivity index (χ3n) is 5.50. The van der Waals surface area contributed by atoms with Gasteiger partial charge < -0.3 is 19.7 Å². The van der Waals surface area contributed by atoms with Crippen LogP contribution in [0.5, 0.6) is 0 Å². The molecule has 1 fully saturated rings. The summed E-state index contributed by atoms with van der Waals surface area (Å²) in [6, 6.07) is 9.63. The molecule has 164 valence electrons. The van der Waals surface area contributed by atoms with Crippen molar-refractivity contribution < 1.29 is 27.5 Å². The van der Waals surface area contributed by atoms with E-state index in [1.54, 1.807) is 12.1 Å². The number of oxazole rings is 1. The van der Waals surface area contributed by atoms with Crippen LogP contribution in [0.1, 0.15) is 18.4 Å². The number of halogens is 3. The van der Waals surface area contributed by atoms with Crippen molar-refractivity contribution in [3.63, 3.8) is 0 Å². The SMILES string of the molecule is O=C(Nc1ccc2[nH]c(=O)oc2c1)[C@@H](O)C1CCN(c2ccc(C(F)(F)F)cc2)CC1. The summed E-state index contributed by atoms with van der Waals surface area (Å²) in [5, 5.41) is 13.1. The molecule has 0 bridgehead atoms. The minimum absolute atomic E-state index is 0.278. The molecule has 1 amide bonds. The number of piperidine rings is 1. The van der Waals surface area contributed by atoms with Gasteiger partial charge in [0.15, 0.2) is 5.58 Å². The lowest BCUT2D eigenvalue weighted by atomic mass is 9.90. The first-order valence-corrected chi connectivity index (χ1v) is 9.75. The van der Waals surface area contributed by atoms with Gasteiger partial charge in [-0.1, -0.05) is 0 Å². The molecule has 0 aliphatic carbocycles. The third kappa shape index (κ3) is 4.58. The molecule has 1 atom stereocenters. The molecule has 31 heavy (non-hydrogen) atoms. The van der Waals surface area contributed by atoms with Crippen molar-refractivity contribution in [3.05, 3.63) is 58.6 Å². The van der Waals surface area contributed by atoms with Gasteiger partial charge in [0.1, 0.15) is 6.10 Å². The average Bonchev–Trinajstić information content (AvgIpc) is 3.12. The van der Waals surface area contributed by atoms with Gasteiger partial charge in [0.25, 0.3) is 5.91 Å². The Hall–Kier alpha value is -3.27. The fraction of sp³-hybridized carbons (Fsp3) is 0.333. The van der Waals surface area contributed by atoms with E-state index < -0.39 is 29.5 Å². The largest absolute Gasteiger partial charge is 0.417 e. The van der Waals surface area contributed by atoms with Gasteiger partial charge in [0, 0.05) is 30.5 Å². The van der Waals surface area contributed by atoms with E-state index in [1.165, 1.54) is 18.2 Å². The van der Waals surface area contributed by atoms with Crippen LogP contribution in [-0.2, 0) is 11.0 Å². The summed E-state index contributed by atoms with van der Waals surface area (Å²) in [6.45, 7) is 1.03. The Labute approximate surface area is 174 Å². The summed E-state index contributed by atoms with van der Waals surface area (Å²) in [4.78, 5) is 28.1. The number of nitrogens with one attached hydrogen (secondary N) is 2. The molecule has 1 aliphatic heterocycles. The Morgan fingerprint density at radius 1 is 1.16 bits per heavy atom. The van der Waals surface area contributed by atoms with Crippen molar-refractivity contribution in [1.29, 1.82) is 0 Å². The van der Waals surface area contributed by atoms with Gasteiger partial charge in [0.05, 0.1) is 11.1 Å². The lowest BCUT2D eigenvalue weighted by Gasteiger charge is -2.35. The van der Waals surface area contributed by atoms with Crippen LogP contribution in [0.25, 0.3) is 11.1 Å². The monoisotopic (exact) mass is 435 g/mol. The summed E-state index contributed by atoms with van der Waals surface area (Å²) < 4.78 is 43.1. The number of carbonyl (C=O) groups is 1. The van der Waals surface area contributed by atoms with Crippen molar-refractivity contribution in [2.24, 2.45) is 5.92 Å². The van der Waals surface area contributed by atoms with Gasteiger partial charge in [-0.15, -0.1) is 0 Å². The molecule has 4 rings (SSSR count). The highest BCUT2D eigenvalue weighted by Crippen LogP contribution is 2.32. The second-order valence-corrected chi connectivity index (χ2v) is 7.53. The zero-order valence-corrected chi connectivity index (χ0v) is 16.3. The van der Waals surface area contributed by atoms with Gasteiger partial charge >= 0.3 is 11.9 Å². The number of alkyl halides is 3. The van der Waals surface area contributed by atoms with Crippen LogP contribution >= 0.6 is 0 Å². The number of aliphatic hydroxyl groups is 1. The first-order chi connectivity index (χ1) is 14.7. The summed E-state index contributed by atoms with van der Waals surface area (Å²) in [5.74, 6) is -1.44. The fourth-order valence-corrected chi connectivity index (χ4v) is 3.79. The molecule has 1 saturated heterocycles. The second kappa shape index (κ2) is 8.10. The van der Waals surface area contributed by atoms with E-state index in [9.17, 15) is 27.9 Å². The molecular formula is C21H20F3N3O4. The van der Waals surface area contributed by atoms with Crippen LogP contribution in [0.2, 0.25) is 0 Å². The Balaban J connectivity index is 1.34. The van der Waals surface area contributed by atoms with Crippen LogP contribution in [0.15, 0.2) is 51.7 Å². The average molecular weight is 435 g/mol. The molecule has 0 radical (unpaired) electrons. The van der Waals surface area contributed by atoms with Gasteiger partial charge in [-0.05, 0) is 55.2 Å². The minimum atomic E-state index is -4.38. The van der Waals surface area contributed by atoms with Crippen molar-refractivity contribution in [2.75, 3.05) is 23.3 Å². The highest BCUT2D eigenvalue weighted by molar-refractivity contribution is 5.95. The van der Waals surface area contributed by atoms with E-state index in [-0.39, 0.29) is 5.92 Å². The first kappa shape index (κ1) is 21.0. The fourth-order valence-electron chi connectivity index (χ4n) is 3.79. The van der Waals surface area contributed by atoms with Crippen LogP contribution in [0, 0.1) is 5.92 Å². The topological polar surface area (TPSA) is 98.6 Å². The normalized spacial score (nSPS) is 16.5. The Bertz CT molecular complexity index is 1130. The molecule has 3 aromatic rings. The number of aliphatic hydroxyl groups excluding tert-OH is 1. The highest BCUT2D eigenvalue weighted by Gasteiger charge is 2.32. The second-order valence-electron chi connectivity index (χ2n) is 7.53. The van der Waals surface area contributed by atoms with Crippen molar-refractivity contribution in [2.45, 2.75) is 25.1 Å². The molecule has 2 heterocycles. The minimum Gasteiger partial charge on any atom is -0.408 e. The molecule has 7 nitrogen and oxygen atoms in total. The molecule has 1 aromatic heterocycles. The van der Waals surface area contributed by atoms with E-state index >= 15 is 0 Å². The van der Waals surface area contributed by atoms with E-state index in [0.29, 0.717) is 48.4 Å². The Morgan fingerprint density at radius 3 is 2.48 bits per heavy atom. The Morgan fingerprint density at radius 2 is 1.84 bits per heavy atom. The number of benzene rings is 2. The van der Waals surface area contributed by atoms with Gasteiger partial charge in [-0.3, -0.25) is 9.78 Å². The summed E-state index contributed by atoms with van der Waals surface area (Å²) >= 11 is 0. The van der Waals surface area contributed by atoms with Crippen molar-refractivity contribution in [1.82, 2.24) is 4.98 Å². The molecule has 0 unspecified atom stereocenters. The molecule has 2 aromatic carbocycles. The lowest BCUT2D eigenvalue weighted by molar-refractivity contribution is -0.137. The molecule has 3 N–H and O–H groups in total. The smallest absolute Gasteiger partial charge is 0.408 e. The standard InChI is InChI=1S/C21H20F3N3O4/c22-21(23,24)13-1-4-15(5-2-13)27-9-7-12(8-10-27)18(28)19(29)25-14-3-6-16-17(11-14)31-20(30)26-16/h1-6,11-12,18,28H,7-10H2,(H,25,29)(H,26,30)/t18-/m0/s1. The maximum atomic E-state index is 12.7. The maximum Gasteiger partial charge on any atom is 0.417 e. The van der Waals surface area contributed by atoms with Crippen molar-refractivity contribution >= 4 is 28.4 Å². The summed E-state index contributed by atoms with van der Waals surface area (Å²) in [7, 11) is 0. The van der Waals surface area contributed by atoms with Gasteiger partial charge in [-0.25, -0.2) is 4.79 Å². The summed E-state index contributed by atoms with van der Waals surface area (Å²) in [6.07, 6.45) is -4.58. The molecule has 10 heteroatoms. The molecule has 0 saturated carbocycles. The predicted molar refractivity (Wildman–Crippen MR) is 108 cm³/mol. The number of aromatic amines is 1. The molecular weight excluding hydrogens is 415 g/mol. The number of rotatable bonds is 4. The number of hydrogen-bond acceptors (Lipinski definition) is 5. The quantitative estimate of drug-likeness (QED) is 0.584. The van der Waals surface area contributed by atoms with Crippen LogP contribution in [0.4, 0.5) is 24.5 Å². The number of carbonyl (C=O) groups excluding carboxylic acids is 1. The zero-order chi connectivity index (χ0) is 22.2. The van der Waals surface area contributed by atoms with E-state index in [1.807, 2.05) is 4.90 Å². The lowest BCUT2D eigenvalue weighted by Crippen LogP contribution is -2.42. The summed E-state index contributed by atoms with van der Waals surface area (Å²) in [5.41, 5.74) is 1.16. The number of nitrogens with zero attached hydrogens (tertiary/aromatic N) is 1. The van der Waals surface area contributed by atoms with Crippen LogP contribution < -0.4 is 16.0 Å². The molecule has 1 aliphatic rings. The molecule has 0 spiro atoms. The number of H-pyrrole nitrogens is 1. The van der Waals surface area contributed by atoms with Crippen molar-refractivity contribution in [3.8, 4) is 0 Å². The van der Waals surface area contributed by atoms with E-state index in [0.717, 1.165) is 12.1 Å². The predicted octanol–water partition coefficient (Wildman–Crippen LogP) is 3.36. The van der Waals surface area contributed by atoms with E-state index in [4.69, 9.17) is 4.42 Å². The van der Waals surface area contributed by atoms with E-state index in [2.05, 4.69) is 10.3 Å².